The molecule has 0 bridgehead atoms. The Hall–Kier alpha value is -3.97. The Bertz CT molecular complexity index is 1660. The first-order valence-electron chi connectivity index (χ1n) is 11.0. The van der Waals surface area contributed by atoms with Gasteiger partial charge in [-0.15, -0.1) is 11.3 Å². The lowest BCUT2D eigenvalue weighted by atomic mass is 10.1. The molecule has 5 aromatic rings. The van der Waals surface area contributed by atoms with E-state index in [1.165, 1.54) is 20.5 Å². The highest BCUT2D eigenvalue weighted by Gasteiger charge is 2.20. The van der Waals surface area contributed by atoms with E-state index in [1.54, 1.807) is 0 Å². The normalized spacial score (nSPS) is 11.2. The largest absolute Gasteiger partial charge is 0.332 e. The number of anilines is 1. The highest BCUT2D eigenvalue weighted by Crippen LogP contribution is 2.31. The van der Waals surface area contributed by atoms with Crippen molar-refractivity contribution in [1.82, 2.24) is 9.13 Å². The minimum Gasteiger partial charge on any atom is -0.324 e. The molecular weight excluding hydrogens is 446 g/mol. The Labute approximate surface area is 199 Å². The first-order chi connectivity index (χ1) is 16.4. The third kappa shape index (κ3) is 3.95. The fraction of sp³-hybridized carbons (Fsp3) is 0.148. The van der Waals surface area contributed by atoms with Gasteiger partial charge in [-0.25, -0.2) is 4.79 Å². The van der Waals surface area contributed by atoms with Crippen LogP contribution in [0.1, 0.15) is 16.7 Å². The van der Waals surface area contributed by atoms with E-state index >= 15 is 0 Å². The second-order valence-corrected chi connectivity index (χ2v) is 9.44. The molecule has 34 heavy (non-hydrogen) atoms. The fourth-order valence-electron chi connectivity index (χ4n) is 4.15. The maximum atomic E-state index is 13.6. The number of nitrogens with zero attached hydrogens (tertiary/aromatic N) is 2. The number of aryl methyl sites for hydroxylation is 2. The topological polar surface area (TPSA) is 73.1 Å². The number of hydrogen-bond donors (Lipinski definition) is 1. The molecule has 3 aromatic carbocycles. The molecule has 170 valence electrons. The van der Waals surface area contributed by atoms with E-state index in [4.69, 9.17) is 0 Å². The average Bonchev–Trinajstić information content (AvgIpc) is 3.22. The third-order valence-electron chi connectivity index (χ3n) is 5.89. The van der Waals surface area contributed by atoms with Gasteiger partial charge in [0.25, 0.3) is 5.56 Å². The number of aromatic nitrogens is 2. The van der Waals surface area contributed by atoms with Crippen LogP contribution in [0.5, 0.6) is 0 Å². The SMILES string of the molecule is Cc1ccc(C)c(NC(=O)Cn2c(=O)n(Cc3ccccc3)c(=O)c3sc4ccccc4c32)c1. The standard InChI is InChI=1S/C27H23N3O3S/c1-17-12-13-18(2)21(14-17)28-23(31)16-29-24-20-10-6-7-11-22(20)34-25(24)26(32)30(27(29)33)15-19-8-4-3-5-9-19/h3-14H,15-16H2,1-2H3,(H,28,31). The van der Waals surface area contributed by atoms with Crippen LogP contribution in [0, 0.1) is 13.8 Å². The molecule has 0 atom stereocenters. The van der Waals surface area contributed by atoms with Gasteiger partial charge in [-0.3, -0.25) is 18.7 Å². The van der Waals surface area contributed by atoms with Crippen LogP contribution < -0.4 is 16.6 Å². The number of thiophene rings is 1. The zero-order valence-electron chi connectivity index (χ0n) is 18.9. The highest BCUT2D eigenvalue weighted by atomic mass is 32.1. The van der Waals surface area contributed by atoms with E-state index in [2.05, 4.69) is 5.32 Å². The number of carbonyl (C=O) groups excluding carboxylic acids is 1. The van der Waals surface area contributed by atoms with Gasteiger partial charge in [-0.2, -0.15) is 0 Å². The number of amides is 1. The summed E-state index contributed by atoms with van der Waals surface area (Å²) in [6.45, 7) is 3.83. The predicted molar refractivity (Wildman–Crippen MR) is 138 cm³/mol. The first kappa shape index (κ1) is 21.9. The van der Waals surface area contributed by atoms with Crippen LogP contribution in [0.2, 0.25) is 0 Å². The third-order valence-corrected chi connectivity index (χ3v) is 7.04. The molecule has 0 unspecified atom stereocenters. The highest BCUT2D eigenvalue weighted by molar-refractivity contribution is 7.25. The number of fused-ring (bicyclic) bond motifs is 3. The van der Waals surface area contributed by atoms with E-state index in [1.807, 2.05) is 86.6 Å². The van der Waals surface area contributed by atoms with Gasteiger partial charge in [0.05, 0.1) is 12.1 Å². The summed E-state index contributed by atoms with van der Waals surface area (Å²) >= 11 is 1.35. The number of nitrogens with one attached hydrogen (secondary N) is 1. The smallest absolute Gasteiger partial charge is 0.324 e. The van der Waals surface area contributed by atoms with E-state index < -0.39 is 5.69 Å². The van der Waals surface area contributed by atoms with Gasteiger partial charge in [-0.05, 0) is 42.7 Å². The molecule has 0 fully saturated rings. The maximum absolute atomic E-state index is 13.6. The predicted octanol–water partition coefficient (Wildman–Crippen LogP) is 4.68. The maximum Gasteiger partial charge on any atom is 0.332 e. The summed E-state index contributed by atoms with van der Waals surface area (Å²) in [6.07, 6.45) is 0. The van der Waals surface area contributed by atoms with Crippen LogP contribution in [-0.2, 0) is 17.9 Å². The van der Waals surface area contributed by atoms with Crippen molar-refractivity contribution in [1.29, 1.82) is 0 Å². The monoisotopic (exact) mass is 469 g/mol. The van der Waals surface area contributed by atoms with E-state index in [0.29, 0.717) is 15.9 Å². The molecule has 0 saturated heterocycles. The molecule has 0 aliphatic heterocycles. The summed E-state index contributed by atoms with van der Waals surface area (Å²) in [5.74, 6) is -0.322. The fourth-order valence-corrected chi connectivity index (χ4v) is 5.31. The summed E-state index contributed by atoms with van der Waals surface area (Å²) in [7, 11) is 0. The van der Waals surface area contributed by atoms with Crippen LogP contribution in [0.3, 0.4) is 0 Å². The van der Waals surface area contributed by atoms with Crippen molar-refractivity contribution in [3.8, 4) is 0 Å². The second kappa shape index (κ2) is 8.76. The van der Waals surface area contributed by atoms with Crippen LogP contribution in [0.4, 0.5) is 5.69 Å². The molecule has 5 rings (SSSR count). The van der Waals surface area contributed by atoms with Crippen molar-refractivity contribution in [2.45, 2.75) is 26.9 Å². The number of benzene rings is 3. The van der Waals surface area contributed by atoms with Gasteiger partial charge in [0, 0.05) is 15.8 Å². The minimum absolute atomic E-state index is 0.140. The molecule has 0 aliphatic carbocycles. The Morgan fingerprint density at radius 3 is 2.44 bits per heavy atom. The van der Waals surface area contributed by atoms with Crippen molar-refractivity contribution < 1.29 is 4.79 Å². The summed E-state index contributed by atoms with van der Waals surface area (Å²) in [4.78, 5) is 40.1. The second-order valence-electron chi connectivity index (χ2n) is 8.39. The molecule has 6 nitrogen and oxygen atoms in total. The summed E-state index contributed by atoms with van der Waals surface area (Å²) < 4.78 is 4.02. The first-order valence-corrected chi connectivity index (χ1v) is 11.8. The number of rotatable bonds is 5. The Kier molecular flexibility index (Phi) is 5.63. The van der Waals surface area contributed by atoms with E-state index in [-0.39, 0.29) is 24.6 Å². The summed E-state index contributed by atoms with van der Waals surface area (Å²) in [5.41, 5.74) is 3.19. The van der Waals surface area contributed by atoms with Gasteiger partial charge in [0.15, 0.2) is 0 Å². The molecule has 1 amide bonds. The minimum atomic E-state index is -0.499. The molecule has 7 heteroatoms. The average molecular weight is 470 g/mol. The van der Waals surface area contributed by atoms with E-state index in [0.717, 1.165) is 26.8 Å². The van der Waals surface area contributed by atoms with Crippen molar-refractivity contribution >= 4 is 43.2 Å². The molecule has 2 aromatic heterocycles. The summed E-state index contributed by atoms with van der Waals surface area (Å²) in [5, 5.41) is 3.73. The lowest BCUT2D eigenvalue weighted by Crippen LogP contribution is -2.41. The van der Waals surface area contributed by atoms with Crippen molar-refractivity contribution in [2.75, 3.05) is 5.32 Å². The van der Waals surface area contributed by atoms with Gasteiger partial charge in [0.1, 0.15) is 11.2 Å². The Morgan fingerprint density at radius 1 is 0.912 bits per heavy atom. The van der Waals surface area contributed by atoms with Crippen LogP contribution >= 0.6 is 11.3 Å². The van der Waals surface area contributed by atoms with Crippen molar-refractivity contribution in [2.24, 2.45) is 0 Å². The Balaban J connectivity index is 1.66. The molecule has 0 aliphatic rings. The van der Waals surface area contributed by atoms with Gasteiger partial charge in [0.2, 0.25) is 5.91 Å². The Morgan fingerprint density at radius 2 is 1.65 bits per heavy atom. The van der Waals surface area contributed by atoms with Crippen LogP contribution in [0.15, 0.2) is 82.4 Å². The number of hydrogen-bond acceptors (Lipinski definition) is 4. The lowest BCUT2D eigenvalue weighted by molar-refractivity contribution is -0.116. The van der Waals surface area contributed by atoms with Crippen LogP contribution in [0.25, 0.3) is 20.3 Å². The van der Waals surface area contributed by atoms with Crippen molar-refractivity contribution in [3.63, 3.8) is 0 Å². The quantitative estimate of drug-likeness (QED) is 0.406. The molecule has 1 N–H and O–H groups in total. The number of carbonyl (C=O) groups is 1. The zero-order chi connectivity index (χ0) is 23.8. The van der Waals surface area contributed by atoms with Crippen LogP contribution in [-0.4, -0.2) is 15.0 Å². The molecule has 0 radical (unpaired) electrons. The molecule has 0 saturated carbocycles. The molecular formula is C27H23N3O3S. The van der Waals surface area contributed by atoms with Gasteiger partial charge < -0.3 is 5.32 Å². The molecule has 2 heterocycles. The van der Waals surface area contributed by atoms with Gasteiger partial charge >= 0.3 is 5.69 Å². The lowest BCUT2D eigenvalue weighted by Gasteiger charge is -2.14. The van der Waals surface area contributed by atoms with Crippen molar-refractivity contribution in [3.05, 3.63) is 110 Å². The zero-order valence-corrected chi connectivity index (χ0v) is 19.7. The molecule has 0 spiro atoms. The van der Waals surface area contributed by atoms with Gasteiger partial charge in [-0.1, -0.05) is 60.7 Å². The summed E-state index contributed by atoms with van der Waals surface area (Å²) in [6, 6.07) is 22.8. The van der Waals surface area contributed by atoms with E-state index in [9.17, 15) is 14.4 Å².